The number of hydrogen-bond donors (Lipinski definition) is 2. The molecule has 0 spiro atoms. The van der Waals surface area contributed by atoms with Crippen LogP contribution in [0.4, 0.5) is 5.69 Å². The van der Waals surface area contributed by atoms with Gasteiger partial charge in [0, 0.05) is 6.42 Å². The van der Waals surface area contributed by atoms with Gasteiger partial charge in [0.1, 0.15) is 16.7 Å². The molecule has 1 aliphatic rings. The molecule has 3 N–H and O–H groups in total. The highest BCUT2D eigenvalue weighted by Crippen LogP contribution is 2.28. The van der Waals surface area contributed by atoms with Crippen LogP contribution in [-0.2, 0) is 16.4 Å². The minimum absolute atomic E-state index is 0.0177. The second-order valence-corrected chi connectivity index (χ2v) is 6.50. The summed E-state index contributed by atoms with van der Waals surface area (Å²) in [6.07, 6.45) is 0.789. The molecule has 110 valence electrons. The summed E-state index contributed by atoms with van der Waals surface area (Å²) >= 11 is 0. The third kappa shape index (κ3) is 3.01. The van der Waals surface area contributed by atoms with Gasteiger partial charge >= 0.3 is 0 Å². The van der Waals surface area contributed by atoms with E-state index in [1.807, 2.05) is 24.3 Å². The third-order valence-electron chi connectivity index (χ3n) is 3.43. The predicted molar refractivity (Wildman–Crippen MR) is 80.9 cm³/mol. The molecule has 2 aromatic carbocycles. The maximum atomic E-state index is 11.5. The number of rotatable bonds is 4. The Morgan fingerprint density at radius 1 is 1.14 bits per heavy atom. The quantitative estimate of drug-likeness (QED) is 0.901. The van der Waals surface area contributed by atoms with Crippen molar-refractivity contribution < 1.29 is 13.2 Å². The zero-order valence-electron chi connectivity index (χ0n) is 11.3. The summed E-state index contributed by atoms with van der Waals surface area (Å²) in [4.78, 5) is 0.0977. The molecule has 21 heavy (non-hydrogen) atoms. The molecule has 1 atom stereocenters. The Labute approximate surface area is 123 Å². The molecule has 0 saturated heterocycles. The van der Waals surface area contributed by atoms with E-state index >= 15 is 0 Å². The number of ether oxygens (including phenoxy) is 1. The molecule has 0 amide bonds. The molecule has 0 radical (unpaired) electrons. The SMILES string of the molecule is NS(=O)(=O)c1ccccc1NCC1Cc2ccccc2O1. The van der Waals surface area contributed by atoms with Crippen LogP contribution >= 0.6 is 0 Å². The summed E-state index contributed by atoms with van der Waals surface area (Å²) in [7, 11) is -3.74. The largest absolute Gasteiger partial charge is 0.488 e. The molecule has 0 fully saturated rings. The van der Waals surface area contributed by atoms with E-state index < -0.39 is 10.0 Å². The Hall–Kier alpha value is -2.05. The summed E-state index contributed by atoms with van der Waals surface area (Å²) in [6, 6.07) is 14.5. The number of benzene rings is 2. The molecular formula is C15H16N2O3S. The number of para-hydroxylation sites is 2. The smallest absolute Gasteiger partial charge is 0.240 e. The van der Waals surface area contributed by atoms with E-state index in [1.54, 1.807) is 18.2 Å². The molecule has 2 aromatic rings. The lowest BCUT2D eigenvalue weighted by Crippen LogP contribution is -2.25. The minimum Gasteiger partial charge on any atom is -0.488 e. The fourth-order valence-electron chi connectivity index (χ4n) is 2.45. The zero-order valence-corrected chi connectivity index (χ0v) is 12.1. The first-order valence-corrected chi connectivity index (χ1v) is 8.19. The monoisotopic (exact) mass is 304 g/mol. The van der Waals surface area contributed by atoms with Crippen molar-refractivity contribution in [1.82, 2.24) is 0 Å². The second kappa shape index (κ2) is 5.38. The Morgan fingerprint density at radius 3 is 2.62 bits per heavy atom. The van der Waals surface area contributed by atoms with Gasteiger partial charge < -0.3 is 10.1 Å². The Bertz CT molecular complexity index is 734. The maximum Gasteiger partial charge on any atom is 0.240 e. The first-order valence-electron chi connectivity index (χ1n) is 6.64. The van der Waals surface area contributed by atoms with Crippen LogP contribution < -0.4 is 15.2 Å². The number of fused-ring (bicyclic) bond motifs is 1. The molecule has 0 saturated carbocycles. The van der Waals surface area contributed by atoms with Gasteiger partial charge in [-0.25, -0.2) is 13.6 Å². The van der Waals surface area contributed by atoms with E-state index in [0.29, 0.717) is 12.2 Å². The normalized spacial score (nSPS) is 17.1. The van der Waals surface area contributed by atoms with Crippen molar-refractivity contribution in [3.63, 3.8) is 0 Å². The highest BCUT2D eigenvalue weighted by atomic mass is 32.2. The summed E-state index contributed by atoms with van der Waals surface area (Å²) in [6.45, 7) is 0.515. The molecule has 3 rings (SSSR count). The van der Waals surface area contributed by atoms with E-state index in [2.05, 4.69) is 5.32 Å². The lowest BCUT2D eigenvalue weighted by atomic mass is 10.1. The van der Waals surface area contributed by atoms with Gasteiger partial charge in [0.15, 0.2) is 0 Å². The number of primary sulfonamides is 1. The highest BCUT2D eigenvalue weighted by Gasteiger charge is 2.22. The average Bonchev–Trinajstić information content (AvgIpc) is 2.87. The first kappa shape index (κ1) is 13.9. The van der Waals surface area contributed by atoms with Crippen LogP contribution in [0.5, 0.6) is 5.75 Å². The fourth-order valence-corrected chi connectivity index (χ4v) is 3.17. The first-order chi connectivity index (χ1) is 10.0. The van der Waals surface area contributed by atoms with Gasteiger partial charge in [0.05, 0.1) is 12.2 Å². The molecule has 0 aromatic heterocycles. The zero-order chi connectivity index (χ0) is 14.9. The van der Waals surface area contributed by atoms with Crippen LogP contribution in [0.1, 0.15) is 5.56 Å². The van der Waals surface area contributed by atoms with Crippen molar-refractivity contribution >= 4 is 15.7 Å². The van der Waals surface area contributed by atoms with Crippen molar-refractivity contribution in [3.8, 4) is 5.75 Å². The Kier molecular flexibility index (Phi) is 3.57. The van der Waals surface area contributed by atoms with E-state index in [4.69, 9.17) is 9.88 Å². The lowest BCUT2D eigenvalue weighted by molar-refractivity contribution is 0.246. The number of hydrogen-bond acceptors (Lipinski definition) is 4. The van der Waals surface area contributed by atoms with Gasteiger partial charge in [-0.15, -0.1) is 0 Å². The summed E-state index contributed by atoms with van der Waals surface area (Å²) in [5.74, 6) is 0.893. The summed E-state index contributed by atoms with van der Waals surface area (Å²) < 4.78 is 28.9. The van der Waals surface area contributed by atoms with Crippen molar-refractivity contribution in [2.75, 3.05) is 11.9 Å². The van der Waals surface area contributed by atoms with E-state index in [1.165, 1.54) is 11.6 Å². The third-order valence-corrected chi connectivity index (χ3v) is 4.40. The molecule has 1 aliphatic heterocycles. The summed E-state index contributed by atoms with van der Waals surface area (Å²) in [5, 5.41) is 8.32. The van der Waals surface area contributed by atoms with Crippen LogP contribution in [-0.4, -0.2) is 21.1 Å². The number of anilines is 1. The van der Waals surface area contributed by atoms with Gasteiger partial charge in [-0.05, 0) is 23.8 Å². The molecule has 6 heteroatoms. The fraction of sp³-hybridized carbons (Fsp3) is 0.200. The van der Waals surface area contributed by atoms with Crippen LogP contribution in [0, 0.1) is 0 Å². The molecule has 0 bridgehead atoms. The van der Waals surface area contributed by atoms with Crippen LogP contribution in [0.25, 0.3) is 0 Å². The average molecular weight is 304 g/mol. The minimum atomic E-state index is -3.74. The van der Waals surface area contributed by atoms with Crippen LogP contribution in [0.2, 0.25) is 0 Å². The predicted octanol–water partition coefficient (Wildman–Crippen LogP) is 1.75. The summed E-state index contributed by atoms with van der Waals surface area (Å²) in [5.41, 5.74) is 1.67. The molecular weight excluding hydrogens is 288 g/mol. The van der Waals surface area contributed by atoms with E-state index in [-0.39, 0.29) is 11.0 Å². The topological polar surface area (TPSA) is 81.4 Å². The van der Waals surface area contributed by atoms with Gasteiger partial charge in [-0.3, -0.25) is 0 Å². The van der Waals surface area contributed by atoms with Gasteiger partial charge in [0.2, 0.25) is 10.0 Å². The Balaban J connectivity index is 1.70. The van der Waals surface area contributed by atoms with Crippen molar-refractivity contribution in [3.05, 3.63) is 54.1 Å². The van der Waals surface area contributed by atoms with Gasteiger partial charge in [0.25, 0.3) is 0 Å². The molecule has 5 nitrogen and oxygen atoms in total. The maximum absolute atomic E-state index is 11.5. The Morgan fingerprint density at radius 2 is 1.86 bits per heavy atom. The molecule has 1 unspecified atom stereocenters. The highest BCUT2D eigenvalue weighted by molar-refractivity contribution is 7.89. The molecule has 1 heterocycles. The number of nitrogens with two attached hydrogens (primary N) is 1. The lowest BCUT2D eigenvalue weighted by Gasteiger charge is -2.14. The van der Waals surface area contributed by atoms with Crippen molar-refractivity contribution in [2.24, 2.45) is 5.14 Å². The van der Waals surface area contributed by atoms with E-state index in [9.17, 15) is 8.42 Å². The second-order valence-electron chi connectivity index (χ2n) is 4.97. The van der Waals surface area contributed by atoms with Crippen molar-refractivity contribution in [1.29, 1.82) is 0 Å². The van der Waals surface area contributed by atoms with Crippen LogP contribution in [0.15, 0.2) is 53.4 Å². The number of sulfonamides is 1. The van der Waals surface area contributed by atoms with Crippen LogP contribution in [0.3, 0.4) is 0 Å². The number of nitrogens with one attached hydrogen (secondary N) is 1. The molecule has 0 aliphatic carbocycles. The van der Waals surface area contributed by atoms with Gasteiger partial charge in [-0.1, -0.05) is 30.3 Å². The van der Waals surface area contributed by atoms with E-state index in [0.717, 1.165) is 12.2 Å². The standard InChI is InChI=1S/C15H16N2O3S/c16-21(18,19)15-8-4-2-6-13(15)17-10-12-9-11-5-1-3-7-14(11)20-12/h1-8,12,17H,9-10H2,(H2,16,18,19). The van der Waals surface area contributed by atoms with Crippen molar-refractivity contribution in [2.45, 2.75) is 17.4 Å². The van der Waals surface area contributed by atoms with Gasteiger partial charge in [-0.2, -0.15) is 0 Å².